The van der Waals surface area contributed by atoms with Crippen LogP contribution in [0, 0.1) is 5.92 Å². The number of imide groups is 1. The first-order valence-corrected chi connectivity index (χ1v) is 9.77. The van der Waals surface area contributed by atoms with Crippen LogP contribution in [0.15, 0.2) is 0 Å². The lowest BCUT2D eigenvalue weighted by Gasteiger charge is -2.24. The second kappa shape index (κ2) is 8.68. The number of carbonyl (C=O) groups is 3. The quantitative estimate of drug-likeness (QED) is 0.692. The van der Waals surface area contributed by atoms with Gasteiger partial charge in [-0.2, -0.15) is 0 Å². The van der Waals surface area contributed by atoms with E-state index in [1.54, 1.807) is 0 Å². The minimum Gasteiger partial charge on any atom is -0.352 e. The van der Waals surface area contributed by atoms with E-state index in [0.29, 0.717) is 18.8 Å². The molecule has 4 amide bonds. The molecule has 142 valence electrons. The first kappa shape index (κ1) is 19.7. The molecule has 2 aliphatic rings. The molecule has 0 aromatic carbocycles. The van der Waals surface area contributed by atoms with Crippen molar-refractivity contribution < 1.29 is 14.4 Å². The van der Waals surface area contributed by atoms with Crippen molar-refractivity contribution in [3.8, 4) is 0 Å². The fraction of sp³-hybridized carbons (Fsp3) is 0.842. The Bertz CT molecular complexity index is 496. The number of carbonyl (C=O) groups excluding carboxylic acids is 3. The van der Waals surface area contributed by atoms with Crippen molar-refractivity contribution in [2.24, 2.45) is 5.92 Å². The van der Waals surface area contributed by atoms with Gasteiger partial charge < -0.3 is 10.6 Å². The molecule has 1 aliphatic carbocycles. The van der Waals surface area contributed by atoms with E-state index < -0.39 is 11.6 Å². The van der Waals surface area contributed by atoms with Crippen molar-refractivity contribution in [1.82, 2.24) is 15.5 Å². The van der Waals surface area contributed by atoms with Crippen molar-refractivity contribution in [3.63, 3.8) is 0 Å². The van der Waals surface area contributed by atoms with Crippen molar-refractivity contribution >= 4 is 17.8 Å². The van der Waals surface area contributed by atoms with E-state index in [0.717, 1.165) is 49.8 Å². The number of nitrogens with one attached hydrogen (secondary N) is 2. The Morgan fingerprint density at radius 1 is 1.12 bits per heavy atom. The van der Waals surface area contributed by atoms with Gasteiger partial charge in [0.1, 0.15) is 12.1 Å². The maximum Gasteiger partial charge on any atom is 0.325 e. The lowest BCUT2D eigenvalue weighted by molar-refractivity contribution is -0.135. The Morgan fingerprint density at radius 3 is 2.36 bits per heavy atom. The van der Waals surface area contributed by atoms with E-state index in [-0.39, 0.29) is 24.4 Å². The average molecular weight is 351 g/mol. The van der Waals surface area contributed by atoms with Crippen LogP contribution in [0.5, 0.6) is 0 Å². The summed E-state index contributed by atoms with van der Waals surface area (Å²) in [5.74, 6) is 0.179. The van der Waals surface area contributed by atoms with Gasteiger partial charge in [0, 0.05) is 6.04 Å². The number of hydrogen-bond acceptors (Lipinski definition) is 3. The van der Waals surface area contributed by atoms with Crippen molar-refractivity contribution in [1.29, 1.82) is 0 Å². The van der Waals surface area contributed by atoms with Crippen LogP contribution in [0.1, 0.15) is 78.6 Å². The summed E-state index contributed by atoms with van der Waals surface area (Å²) < 4.78 is 0. The summed E-state index contributed by atoms with van der Waals surface area (Å²) in [7, 11) is 0. The third kappa shape index (κ3) is 5.19. The summed E-state index contributed by atoms with van der Waals surface area (Å²) in [6, 6.07) is -0.367. The molecule has 1 heterocycles. The summed E-state index contributed by atoms with van der Waals surface area (Å²) in [4.78, 5) is 38.4. The Labute approximate surface area is 151 Å². The summed E-state index contributed by atoms with van der Waals surface area (Å²) in [5.41, 5.74) is -0.767. The Balaban J connectivity index is 1.85. The number of nitrogens with zero attached hydrogens (tertiary/aromatic N) is 1. The third-order valence-corrected chi connectivity index (χ3v) is 5.33. The van der Waals surface area contributed by atoms with Gasteiger partial charge in [-0.3, -0.25) is 14.5 Å². The minimum atomic E-state index is -0.767. The van der Waals surface area contributed by atoms with Crippen molar-refractivity contribution in [2.45, 2.75) is 90.1 Å². The monoisotopic (exact) mass is 351 g/mol. The van der Waals surface area contributed by atoms with Gasteiger partial charge in [0.15, 0.2) is 0 Å². The topological polar surface area (TPSA) is 78.5 Å². The van der Waals surface area contributed by atoms with Crippen LogP contribution in [0.2, 0.25) is 0 Å². The van der Waals surface area contributed by atoms with Crippen LogP contribution < -0.4 is 10.6 Å². The average Bonchev–Trinajstić information content (AvgIpc) is 2.71. The molecule has 1 saturated heterocycles. The molecule has 0 aromatic rings. The molecule has 1 spiro atoms. The second-order valence-corrected chi connectivity index (χ2v) is 8.11. The van der Waals surface area contributed by atoms with Crippen LogP contribution in [-0.4, -0.2) is 40.9 Å². The van der Waals surface area contributed by atoms with Crippen molar-refractivity contribution in [3.05, 3.63) is 0 Å². The molecule has 2 rings (SSSR count). The van der Waals surface area contributed by atoms with E-state index in [4.69, 9.17) is 0 Å². The van der Waals surface area contributed by atoms with Crippen LogP contribution in [0.3, 0.4) is 0 Å². The molecule has 1 atom stereocenters. The molecule has 0 bridgehead atoms. The predicted molar refractivity (Wildman–Crippen MR) is 97.0 cm³/mol. The van der Waals surface area contributed by atoms with E-state index in [9.17, 15) is 14.4 Å². The zero-order valence-corrected chi connectivity index (χ0v) is 15.9. The first-order chi connectivity index (χ1) is 11.8. The zero-order chi connectivity index (χ0) is 18.4. The van der Waals surface area contributed by atoms with Crippen LogP contribution in [0.25, 0.3) is 0 Å². The summed E-state index contributed by atoms with van der Waals surface area (Å²) >= 11 is 0. The molecular weight excluding hydrogens is 318 g/mol. The Morgan fingerprint density at radius 2 is 1.76 bits per heavy atom. The lowest BCUT2D eigenvalue weighted by atomic mass is 9.90. The van der Waals surface area contributed by atoms with Gasteiger partial charge in [-0.05, 0) is 32.1 Å². The second-order valence-electron chi connectivity index (χ2n) is 8.11. The normalized spacial score (nSPS) is 21.4. The first-order valence-electron chi connectivity index (χ1n) is 9.77. The highest BCUT2D eigenvalue weighted by Gasteiger charge is 2.51. The fourth-order valence-corrected chi connectivity index (χ4v) is 3.86. The SMILES string of the molecule is CC(C)CCC[C@@H](C)NC(=O)CN1C(=O)NC2(CCCCCC2)C1=O. The highest BCUT2D eigenvalue weighted by Crippen LogP contribution is 2.32. The van der Waals surface area contributed by atoms with Gasteiger partial charge in [0.05, 0.1) is 0 Å². The van der Waals surface area contributed by atoms with Crippen LogP contribution in [0.4, 0.5) is 4.79 Å². The molecule has 6 heteroatoms. The van der Waals surface area contributed by atoms with E-state index in [1.807, 2.05) is 6.92 Å². The summed E-state index contributed by atoms with van der Waals surface area (Å²) in [6.07, 6.45) is 8.55. The Kier molecular flexibility index (Phi) is 6.85. The zero-order valence-electron chi connectivity index (χ0n) is 15.9. The van der Waals surface area contributed by atoms with Crippen molar-refractivity contribution in [2.75, 3.05) is 6.54 Å². The standard InChI is InChI=1S/C19H33N3O3/c1-14(2)9-8-10-15(3)20-16(23)13-22-17(24)19(21-18(22)25)11-6-4-5-7-12-19/h14-15H,4-13H2,1-3H3,(H,20,23)(H,21,25)/t15-/m1/s1. The van der Waals surface area contributed by atoms with Gasteiger partial charge in [-0.25, -0.2) is 4.79 Å². The highest BCUT2D eigenvalue weighted by atomic mass is 16.2. The summed E-state index contributed by atoms with van der Waals surface area (Å²) in [6.45, 7) is 6.16. The van der Waals surface area contributed by atoms with Gasteiger partial charge >= 0.3 is 6.03 Å². The molecule has 1 saturated carbocycles. The number of urea groups is 1. The molecule has 0 radical (unpaired) electrons. The molecule has 1 aliphatic heterocycles. The highest BCUT2D eigenvalue weighted by molar-refractivity contribution is 6.09. The van der Waals surface area contributed by atoms with E-state index in [1.165, 1.54) is 0 Å². The lowest BCUT2D eigenvalue weighted by Crippen LogP contribution is -2.47. The van der Waals surface area contributed by atoms with Crippen LogP contribution >= 0.6 is 0 Å². The third-order valence-electron chi connectivity index (χ3n) is 5.33. The van der Waals surface area contributed by atoms with Gasteiger partial charge in [-0.15, -0.1) is 0 Å². The largest absolute Gasteiger partial charge is 0.352 e. The summed E-state index contributed by atoms with van der Waals surface area (Å²) in [5, 5.41) is 5.78. The van der Waals surface area contributed by atoms with Crippen LogP contribution in [-0.2, 0) is 9.59 Å². The fourth-order valence-electron chi connectivity index (χ4n) is 3.86. The van der Waals surface area contributed by atoms with E-state index >= 15 is 0 Å². The smallest absolute Gasteiger partial charge is 0.325 e. The number of amides is 4. The molecule has 0 aromatic heterocycles. The van der Waals surface area contributed by atoms with Gasteiger partial charge in [0.2, 0.25) is 5.91 Å². The van der Waals surface area contributed by atoms with Gasteiger partial charge in [-0.1, -0.05) is 52.4 Å². The molecule has 25 heavy (non-hydrogen) atoms. The van der Waals surface area contributed by atoms with E-state index in [2.05, 4.69) is 24.5 Å². The molecule has 6 nitrogen and oxygen atoms in total. The maximum absolute atomic E-state index is 12.8. The number of rotatable bonds is 7. The molecule has 0 unspecified atom stereocenters. The minimum absolute atomic E-state index is 0.0545. The Hall–Kier alpha value is -1.59. The number of hydrogen-bond donors (Lipinski definition) is 2. The molecule has 2 N–H and O–H groups in total. The molecule has 2 fully saturated rings. The maximum atomic E-state index is 12.8. The molecular formula is C19H33N3O3. The van der Waals surface area contributed by atoms with Gasteiger partial charge in [0.25, 0.3) is 5.91 Å². The predicted octanol–water partition coefficient (Wildman–Crippen LogP) is 2.96.